The normalized spacial score (nSPS) is 14.6. The van der Waals surface area contributed by atoms with E-state index in [1.54, 1.807) is 38.1 Å². The van der Waals surface area contributed by atoms with Crippen molar-refractivity contribution >= 4 is 34.0 Å². The molecule has 0 aliphatic carbocycles. The quantitative estimate of drug-likeness (QED) is 0.485. The fourth-order valence-corrected chi connectivity index (χ4v) is 2.72. The number of carbonyl (C=O) groups excluding carboxylic acids is 2. The number of rotatable bonds is 2. The van der Waals surface area contributed by atoms with Gasteiger partial charge in [0, 0.05) is 23.1 Å². The lowest BCUT2D eigenvalue weighted by molar-refractivity contribution is -0.383. The first-order valence-electron chi connectivity index (χ1n) is 6.65. The van der Waals surface area contributed by atoms with E-state index in [9.17, 15) is 19.7 Å². The number of amides is 2. The number of aryl methyl sites for hydroxylation is 1. The number of hydrogen-bond acceptors (Lipinski definition) is 4. The van der Waals surface area contributed by atoms with Gasteiger partial charge in [-0.2, -0.15) is 0 Å². The average Bonchev–Trinajstić information content (AvgIpc) is 2.72. The minimum atomic E-state index is -0.462. The van der Waals surface area contributed by atoms with Crippen molar-refractivity contribution in [3.63, 3.8) is 0 Å². The first-order chi connectivity index (χ1) is 10.4. The van der Waals surface area contributed by atoms with Crippen molar-refractivity contribution < 1.29 is 14.5 Å². The van der Waals surface area contributed by atoms with Gasteiger partial charge in [-0.15, -0.1) is 0 Å². The minimum Gasteiger partial charge on any atom is -0.269 e. The van der Waals surface area contributed by atoms with Crippen LogP contribution in [0.5, 0.6) is 0 Å². The van der Waals surface area contributed by atoms with Crippen LogP contribution in [0, 0.1) is 17.0 Å². The van der Waals surface area contributed by atoms with Crippen LogP contribution in [0.1, 0.15) is 12.5 Å². The third-order valence-corrected chi connectivity index (χ3v) is 3.71. The van der Waals surface area contributed by atoms with Gasteiger partial charge in [-0.25, -0.2) is 4.90 Å². The van der Waals surface area contributed by atoms with Crippen molar-refractivity contribution in [2.24, 2.45) is 0 Å². The molecule has 1 heterocycles. The van der Waals surface area contributed by atoms with Gasteiger partial charge in [0.05, 0.1) is 16.0 Å². The molecule has 0 fully saturated rings. The molecule has 0 unspecified atom stereocenters. The predicted octanol–water partition coefficient (Wildman–Crippen LogP) is 2.88. The fraction of sp³-hybridized carbons (Fsp3) is 0.125. The van der Waals surface area contributed by atoms with Crippen molar-refractivity contribution in [2.75, 3.05) is 4.90 Å². The molecular formula is C16H12N2O4. The Hall–Kier alpha value is -3.02. The van der Waals surface area contributed by atoms with Crippen LogP contribution in [-0.2, 0) is 9.59 Å². The van der Waals surface area contributed by atoms with E-state index < -0.39 is 16.7 Å². The number of anilines is 1. The van der Waals surface area contributed by atoms with Gasteiger partial charge < -0.3 is 0 Å². The molecule has 2 aromatic rings. The Bertz CT molecular complexity index is 883. The molecule has 0 aromatic heterocycles. The lowest BCUT2D eigenvalue weighted by atomic mass is 10.0. The van der Waals surface area contributed by atoms with E-state index in [-0.39, 0.29) is 5.69 Å². The third-order valence-electron chi connectivity index (χ3n) is 3.71. The number of nitro groups is 1. The van der Waals surface area contributed by atoms with Crippen LogP contribution in [0.25, 0.3) is 10.8 Å². The summed E-state index contributed by atoms with van der Waals surface area (Å²) < 4.78 is 0. The highest BCUT2D eigenvalue weighted by Crippen LogP contribution is 2.38. The molecule has 0 bridgehead atoms. The molecular weight excluding hydrogens is 284 g/mol. The fourth-order valence-electron chi connectivity index (χ4n) is 2.72. The summed E-state index contributed by atoms with van der Waals surface area (Å²) in [5, 5.41) is 12.1. The smallest absolute Gasteiger partial charge is 0.269 e. The second-order valence-electron chi connectivity index (χ2n) is 5.17. The van der Waals surface area contributed by atoms with Gasteiger partial charge in [-0.1, -0.05) is 18.2 Å². The highest BCUT2D eigenvalue weighted by atomic mass is 16.6. The molecule has 0 N–H and O–H groups in total. The number of nitrogens with zero attached hydrogens (tertiary/aromatic N) is 2. The first kappa shape index (κ1) is 13.9. The molecule has 0 atom stereocenters. The third kappa shape index (κ3) is 1.88. The Balaban J connectivity index is 2.35. The van der Waals surface area contributed by atoms with E-state index in [1.807, 2.05) is 0 Å². The number of fused-ring (bicyclic) bond motifs is 1. The summed E-state index contributed by atoms with van der Waals surface area (Å²) in [5.74, 6) is -0.822. The zero-order valence-electron chi connectivity index (χ0n) is 12.0. The van der Waals surface area contributed by atoms with Crippen molar-refractivity contribution in [1.29, 1.82) is 0 Å². The van der Waals surface area contributed by atoms with Gasteiger partial charge >= 0.3 is 0 Å². The Morgan fingerprint density at radius 3 is 2.27 bits per heavy atom. The molecule has 0 saturated heterocycles. The summed E-state index contributed by atoms with van der Waals surface area (Å²) in [6.07, 6.45) is 1.28. The monoisotopic (exact) mass is 296 g/mol. The van der Waals surface area contributed by atoms with Crippen LogP contribution in [0.4, 0.5) is 11.4 Å². The van der Waals surface area contributed by atoms with Gasteiger partial charge in [0.25, 0.3) is 17.5 Å². The number of nitro benzene ring substituents is 1. The Kier molecular flexibility index (Phi) is 3.02. The minimum absolute atomic E-state index is 0.0411. The Morgan fingerprint density at radius 1 is 1.09 bits per heavy atom. The first-order valence-corrected chi connectivity index (χ1v) is 6.65. The molecule has 6 nitrogen and oxygen atoms in total. The van der Waals surface area contributed by atoms with Gasteiger partial charge in [-0.05, 0) is 25.5 Å². The average molecular weight is 296 g/mol. The second-order valence-corrected chi connectivity index (χ2v) is 5.17. The van der Waals surface area contributed by atoms with Gasteiger partial charge in [0.1, 0.15) is 0 Å². The van der Waals surface area contributed by atoms with Crippen LogP contribution < -0.4 is 4.90 Å². The molecule has 2 aromatic carbocycles. The highest BCUT2D eigenvalue weighted by molar-refractivity contribution is 6.32. The molecule has 6 heteroatoms. The topological polar surface area (TPSA) is 80.5 Å². The summed E-state index contributed by atoms with van der Waals surface area (Å²) in [6.45, 7) is 3.23. The maximum atomic E-state index is 12.2. The van der Waals surface area contributed by atoms with Gasteiger partial charge in [0.15, 0.2) is 0 Å². The lowest BCUT2D eigenvalue weighted by Gasteiger charge is -2.19. The van der Waals surface area contributed by atoms with E-state index in [0.717, 1.165) is 4.90 Å². The zero-order chi connectivity index (χ0) is 16.0. The van der Waals surface area contributed by atoms with Crippen molar-refractivity contribution in [1.82, 2.24) is 0 Å². The van der Waals surface area contributed by atoms with Crippen molar-refractivity contribution in [2.45, 2.75) is 13.8 Å². The van der Waals surface area contributed by atoms with E-state index in [1.165, 1.54) is 12.1 Å². The molecule has 22 heavy (non-hydrogen) atoms. The zero-order valence-corrected chi connectivity index (χ0v) is 12.0. The molecule has 2 amide bonds. The van der Waals surface area contributed by atoms with Crippen molar-refractivity contribution in [3.8, 4) is 0 Å². The number of carbonyl (C=O) groups is 2. The van der Waals surface area contributed by atoms with E-state index in [0.29, 0.717) is 27.6 Å². The van der Waals surface area contributed by atoms with E-state index in [4.69, 9.17) is 0 Å². The molecule has 1 aliphatic rings. The largest absolute Gasteiger partial charge is 0.277 e. The SMILES string of the molecule is CC1=CC(=O)N(c2c(C)cc([N+](=O)[O-])c3ccccc23)C1=O. The number of non-ortho nitro benzene ring substituents is 1. The van der Waals surface area contributed by atoms with Crippen LogP contribution >= 0.6 is 0 Å². The maximum Gasteiger partial charge on any atom is 0.277 e. The standard InChI is InChI=1S/C16H12N2O4/c1-9-7-13(18(21)22)11-5-3-4-6-12(11)15(9)17-14(19)8-10(2)16(17)20/h3-8H,1-2H3. The lowest BCUT2D eigenvalue weighted by Crippen LogP contribution is -2.31. The summed E-state index contributed by atoms with van der Waals surface area (Å²) in [6, 6.07) is 8.10. The predicted molar refractivity (Wildman–Crippen MR) is 81.6 cm³/mol. The van der Waals surface area contributed by atoms with Crippen LogP contribution in [0.3, 0.4) is 0 Å². The number of benzene rings is 2. The number of hydrogen-bond donors (Lipinski definition) is 0. The Morgan fingerprint density at radius 2 is 1.73 bits per heavy atom. The molecule has 110 valence electrons. The van der Waals surface area contributed by atoms with E-state index in [2.05, 4.69) is 0 Å². The van der Waals surface area contributed by atoms with Gasteiger partial charge in [-0.3, -0.25) is 19.7 Å². The summed E-state index contributed by atoms with van der Waals surface area (Å²) in [7, 11) is 0. The summed E-state index contributed by atoms with van der Waals surface area (Å²) >= 11 is 0. The second kappa shape index (κ2) is 4.77. The number of imide groups is 1. The summed E-state index contributed by atoms with van der Waals surface area (Å²) in [5.41, 5.74) is 1.23. The van der Waals surface area contributed by atoms with Crippen LogP contribution in [0.2, 0.25) is 0 Å². The van der Waals surface area contributed by atoms with Crippen molar-refractivity contribution in [3.05, 3.63) is 57.7 Å². The molecule has 1 aliphatic heterocycles. The molecule has 3 rings (SSSR count). The maximum absolute atomic E-state index is 12.2. The molecule has 0 radical (unpaired) electrons. The molecule has 0 saturated carbocycles. The van der Waals surface area contributed by atoms with Crippen LogP contribution in [0.15, 0.2) is 42.0 Å². The molecule has 0 spiro atoms. The highest BCUT2D eigenvalue weighted by Gasteiger charge is 2.33. The summed E-state index contributed by atoms with van der Waals surface area (Å²) in [4.78, 5) is 36.2. The van der Waals surface area contributed by atoms with Gasteiger partial charge in [0.2, 0.25) is 0 Å². The van der Waals surface area contributed by atoms with E-state index >= 15 is 0 Å². The van der Waals surface area contributed by atoms with Crippen LogP contribution in [-0.4, -0.2) is 16.7 Å². The Labute approximate surface area is 125 Å².